The van der Waals surface area contributed by atoms with Crippen LogP contribution >= 0.6 is 0 Å². The molecule has 1 heteroatoms. The fourth-order valence-corrected chi connectivity index (χ4v) is 6.15. The van der Waals surface area contributed by atoms with Gasteiger partial charge in [0.25, 0.3) is 0 Å². The second kappa shape index (κ2) is 6.07. The minimum Gasteiger partial charge on any atom is -0.0616 e. The molecule has 0 spiro atoms. The highest BCUT2D eigenvalue weighted by molar-refractivity contribution is 7.96. The molecule has 0 aromatic heterocycles. The summed E-state index contributed by atoms with van der Waals surface area (Å²) in [7, 11) is 0.142. The number of hydrogen-bond acceptors (Lipinski definition) is 0. The lowest BCUT2D eigenvalue weighted by Gasteiger charge is -2.30. The van der Waals surface area contributed by atoms with Crippen molar-refractivity contribution in [2.75, 3.05) is 6.26 Å². The van der Waals surface area contributed by atoms with Gasteiger partial charge in [0, 0.05) is 17.0 Å². The molecule has 0 nitrogen and oxygen atoms in total. The van der Waals surface area contributed by atoms with Crippen molar-refractivity contribution in [3.05, 3.63) is 93.5 Å². The van der Waals surface area contributed by atoms with E-state index >= 15 is 0 Å². The Labute approximate surface area is 154 Å². The molecule has 0 saturated heterocycles. The molecule has 0 amide bonds. The van der Waals surface area contributed by atoms with Gasteiger partial charge in [-0.1, -0.05) is 42.5 Å². The lowest BCUT2D eigenvalue weighted by Crippen LogP contribution is -2.21. The van der Waals surface area contributed by atoms with Crippen LogP contribution in [0.1, 0.15) is 44.9 Å². The first-order valence-electron chi connectivity index (χ1n) is 8.91. The van der Waals surface area contributed by atoms with Crippen LogP contribution in [0.3, 0.4) is 0 Å². The number of fused-ring (bicyclic) bond motifs is 2. The Balaban J connectivity index is 2.09. The monoisotopic (exact) mass is 345 g/mol. The molecule has 25 heavy (non-hydrogen) atoms. The van der Waals surface area contributed by atoms with Gasteiger partial charge >= 0.3 is 0 Å². The summed E-state index contributed by atoms with van der Waals surface area (Å²) in [6.07, 6.45) is 2.37. The van der Waals surface area contributed by atoms with Crippen LogP contribution in [-0.2, 0) is 10.9 Å². The fraction of sp³-hybridized carbons (Fsp3) is 0.250. The van der Waals surface area contributed by atoms with Crippen LogP contribution in [0.15, 0.2) is 64.4 Å². The third kappa shape index (κ3) is 2.45. The molecular weight excluding hydrogens is 320 g/mol. The van der Waals surface area contributed by atoms with E-state index in [0.717, 1.165) is 0 Å². The van der Waals surface area contributed by atoms with Crippen LogP contribution < -0.4 is 0 Å². The van der Waals surface area contributed by atoms with E-state index < -0.39 is 0 Å². The maximum Gasteiger partial charge on any atom is 0.164 e. The predicted octanol–water partition coefficient (Wildman–Crippen LogP) is 6.08. The van der Waals surface area contributed by atoms with E-state index in [2.05, 4.69) is 88.5 Å². The molecule has 0 N–H and O–H groups in total. The van der Waals surface area contributed by atoms with Gasteiger partial charge in [0.2, 0.25) is 0 Å². The van der Waals surface area contributed by atoms with Gasteiger partial charge in [-0.3, -0.25) is 0 Å². The van der Waals surface area contributed by atoms with E-state index in [0.29, 0.717) is 5.92 Å². The van der Waals surface area contributed by atoms with Crippen molar-refractivity contribution in [2.45, 2.75) is 43.4 Å². The second-order valence-electron chi connectivity index (χ2n) is 7.19. The summed E-state index contributed by atoms with van der Waals surface area (Å²) < 4.78 is 0. The van der Waals surface area contributed by atoms with Crippen molar-refractivity contribution in [1.29, 1.82) is 0 Å². The highest BCUT2D eigenvalue weighted by Crippen LogP contribution is 2.47. The Hall–Kier alpha value is -1.99. The summed E-state index contributed by atoms with van der Waals surface area (Å²) >= 11 is 0. The van der Waals surface area contributed by atoms with Gasteiger partial charge in [-0.25, -0.2) is 0 Å². The van der Waals surface area contributed by atoms with Crippen molar-refractivity contribution in [1.82, 2.24) is 0 Å². The smallest absolute Gasteiger partial charge is 0.0616 e. The summed E-state index contributed by atoms with van der Waals surface area (Å²) in [6, 6.07) is 20.5. The van der Waals surface area contributed by atoms with Crippen LogP contribution in [0.4, 0.5) is 0 Å². The maximum atomic E-state index is 2.37. The van der Waals surface area contributed by atoms with Crippen molar-refractivity contribution >= 4 is 10.9 Å². The second-order valence-corrected chi connectivity index (χ2v) is 9.09. The molecule has 0 atom stereocenters. The first-order valence-corrected chi connectivity index (χ1v) is 10.5. The molecule has 1 aliphatic rings. The molecule has 0 unspecified atom stereocenters. The normalized spacial score (nSPS) is 18.6. The molecule has 126 valence electrons. The Morgan fingerprint density at radius 1 is 0.680 bits per heavy atom. The van der Waals surface area contributed by atoms with E-state index in [1.807, 2.05) is 0 Å². The van der Waals surface area contributed by atoms with Crippen molar-refractivity contribution < 1.29 is 0 Å². The van der Waals surface area contributed by atoms with Crippen LogP contribution in [0.2, 0.25) is 0 Å². The number of hydrogen-bond donors (Lipinski definition) is 0. The van der Waals surface area contributed by atoms with Crippen LogP contribution in [-0.4, -0.2) is 6.26 Å². The van der Waals surface area contributed by atoms with Gasteiger partial charge in [0.15, 0.2) is 9.79 Å². The molecule has 3 aromatic carbocycles. The highest BCUT2D eigenvalue weighted by Gasteiger charge is 2.39. The van der Waals surface area contributed by atoms with Gasteiger partial charge in [-0.05, 0) is 67.6 Å². The Morgan fingerprint density at radius 2 is 1.12 bits per heavy atom. The molecule has 0 saturated carbocycles. The molecule has 1 heterocycles. The Bertz CT molecular complexity index is 894. The van der Waals surface area contributed by atoms with Gasteiger partial charge in [0.05, 0.1) is 10.9 Å². The first kappa shape index (κ1) is 16.5. The zero-order valence-electron chi connectivity index (χ0n) is 15.7. The number of benzene rings is 3. The molecular formula is C24H25S+. The highest BCUT2D eigenvalue weighted by atomic mass is 32.2. The quantitative estimate of drug-likeness (QED) is 0.469. The average molecular weight is 346 g/mol. The third-order valence-electron chi connectivity index (χ3n) is 5.83. The molecule has 0 bridgehead atoms. The van der Waals surface area contributed by atoms with Crippen LogP contribution in [0.25, 0.3) is 0 Å². The summed E-state index contributed by atoms with van der Waals surface area (Å²) in [5.41, 5.74) is 10.2. The molecule has 4 rings (SSSR count). The Morgan fingerprint density at radius 3 is 1.60 bits per heavy atom. The van der Waals surface area contributed by atoms with Gasteiger partial charge in [0.1, 0.15) is 6.26 Å². The van der Waals surface area contributed by atoms with E-state index in [9.17, 15) is 0 Å². The van der Waals surface area contributed by atoms with E-state index in [1.165, 1.54) is 48.7 Å². The lowest BCUT2D eigenvalue weighted by atomic mass is 9.78. The maximum absolute atomic E-state index is 2.37. The Kier molecular flexibility index (Phi) is 4.00. The van der Waals surface area contributed by atoms with Gasteiger partial charge in [-0.2, -0.15) is 0 Å². The van der Waals surface area contributed by atoms with Crippen LogP contribution in [0.5, 0.6) is 0 Å². The predicted molar refractivity (Wildman–Crippen MR) is 109 cm³/mol. The van der Waals surface area contributed by atoms with Crippen molar-refractivity contribution in [3.8, 4) is 0 Å². The molecule has 0 aliphatic carbocycles. The molecule has 0 radical (unpaired) electrons. The van der Waals surface area contributed by atoms with Gasteiger partial charge in [-0.15, -0.1) is 0 Å². The summed E-state index contributed by atoms with van der Waals surface area (Å²) in [5.74, 6) is 0.342. The lowest BCUT2D eigenvalue weighted by molar-refractivity contribution is 0.872. The van der Waals surface area contributed by atoms with E-state index in [1.54, 1.807) is 0 Å². The summed E-state index contributed by atoms with van der Waals surface area (Å²) in [6.45, 7) is 9.08. The molecule has 1 aliphatic heterocycles. The minimum atomic E-state index is 0.142. The van der Waals surface area contributed by atoms with E-state index in [4.69, 9.17) is 0 Å². The first-order chi connectivity index (χ1) is 12.0. The molecule has 3 aromatic rings. The zero-order valence-corrected chi connectivity index (χ0v) is 16.5. The number of rotatable bonds is 1. The fourth-order valence-electron chi connectivity index (χ4n) is 4.27. The van der Waals surface area contributed by atoms with E-state index in [-0.39, 0.29) is 10.9 Å². The largest absolute Gasteiger partial charge is 0.164 e. The third-order valence-corrected chi connectivity index (χ3v) is 7.90. The average Bonchev–Trinajstić information content (AvgIpc) is 2.63. The zero-order chi connectivity index (χ0) is 17.7. The van der Waals surface area contributed by atoms with Crippen LogP contribution in [0, 0.1) is 27.7 Å². The SMILES string of the molecule is Cc1cc(C)c(C)c(C2c3ccccc3[S+](C)c3ccccc32)c1C. The minimum absolute atomic E-state index is 0.142. The van der Waals surface area contributed by atoms with Crippen molar-refractivity contribution in [2.24, 2.45) is 0 Å². The standard InChI is InChI=1S/C24H25S/c1-15-14-16(2)18(4)23(17(15)3)24-19-10-6-8-12-21(19)25(5)22-13-9-7-11-20(22)24/h6-14,24H,1-5H3/q+1. The summed E-state index contributed by atoms with van der Waals surface area (Å²) in [5, 5.41) is 0. The molecule has 0 fully saturated rings. The summed E-state index contributed by atoms with van der Waals surface area (Å²) in [4.78, 5) is 3.01. The topological polar surface area (TPSA) is 0 Å². The van der Waals surface area contributed by atoms with Gasteiger partial charge < -0.3 is 0 Å². The van der Waals surface area contributed by atoms with Crippen molar-refractivity contribution in [3.63, 3.8) is 0 Å². The number of aryl methyl sites for hydroxylation is 2.